The highest BCUT2D eigenvalue weighted by Crippen LogP contribution is 2.32. The molecule has 1 fully saturated rings. The van der Waals surface area contributed by atoms with E-state index in [4.69, 9.17) is 14.2 Å². The number of thiophene rings is 1. The van der Waals surface area contributed by atoms with E-state index in [-0.39, 0.29) is 11.9 Å². The molecule has 1 atom stereocenters. The van der Waals surface area contributed by atoms with Crippen molar-refractivity contribution in [3.63, 3.8) is 0 Å². The molecular weight excluding hydrogens is 364 g/mol. The molecule has 0 bridgehead atoms. The van der Waals surface area contributed by atoms with Gasteiger partial charge in [-0.05, 0) is 36.8 Å². The second-order valence-corrected chi connectivity index (χ2v) is 7.69. The number of amides is 1. The Morgan fingerprint density at radius 2 is 1.93 bits per heavy atom. The van der Waals surface area contributed by atoms with Gasteiger partial charge in [0.1, 0.15) is 0 Å². The van der Waals surface area contributed by atoms with Crippen LogP contribution in [0.1, 0.15) is 26.2 Å². The normalized spacial score (nSPS) is 16.0. The first-order chi connectivity index (χ1) is 13.1. The summed E-state index contributed by atoms with van der Waals surface area (Å²) in [6.45, 7) is 5.57. The Morgan fingerprint density at radius 1 is 1.19 bits per heavy atom. The van der Waals surface area contributed by atoms with Crippen LogP contribution in [0.5, 0.6) is 11.5 Å². The van der Waals surface area contributed by atoms with Gasteiger partial charge < -0.3 is 19.5 Å². The number of benzene rings is 1. The molecule has 0 spiro atoms. The fraction of sp³-hybridized carbons (Fsp3) is 0.450. The van der Waals surface area contributed by atoms with Crippen LogP contribution in [0, 0.1) is 6.92 Å². The molecule has 3 rings (SSSR count). The molecule has 1 N–H and O–H groups in total. The third-order valence-electron chi connectivity index (χ3n) is 4.70. The van der Waals surface area contributed by atoms with Crippen molar-refractivity contribution in [2.75, 3.05) is 47.1 Å². The lowest BCUT2D eigenvalue weighted by molar-refractivity contribution is 0.0162. The van der Waals surface area contributed by atoms with E-state index in [1.807, 2.05) is 37.3 Å². The van der Waals surface area contributed by atoms with Gasteiger partial charge in [0.2, 0.25) is 0 Å². The first kappa shape index (κ1) is 19.7. The number of nitrogens with one attached hydrogen (secondary N) is 1. The minimum absolute atomic E-state index is 0.0353. The molecule has 1 saturated heterocycles. The summed E-state index contributed by atoms with van der Waals surface area (Å²) in [6.07, 6.45) is 0. The molecule has 27 heavy (non-hydrogen) atoms. The molecule has 7 heteroatoms. The van der Waals surface area contributed by atoms with Crippen molar-refractivity contribution in [3.05, 3.63) is 45.6 Å². The number of carbonyl (C=O) groups is 1. The zero-order valence-electron chi connectivity index (χ0n) is 16.0. The van der Waals surface area contributed by atoms with Crippen molar-refractivity contribution in [1.82, 2.24) is 10.2 Å². The zero-order valence-corrected chi connectivity index (χ0v) is 16.8. The van der Waals surface area contributed by atoms with Crippen molar-refractivity contribution < 1.29 is 19.0 Å². The predicted molar refractivity (Wildman–Crippen MR) is 106 cm³/mol. The maximum absolute atomic E-state index is 12.5. The van der Waals surface area contributed by atoms with Gasteiger partial charge in [0.05, 0.1) is 38.4 Å². The van der Waals surface area contributed by atoms with Gasteiger partial charge in [-0.25, -0.2) is 0 Å². The fourth-order valence-corrected chi connectivity index (χ4v) is 4.02. The molecule has 6 nitrogen and oxygen atoms in total. The molecule has 0 radical (unpaired) electrons. The standard InChI is InChI=1S/C20H26N2O4S/c1-14-4-7-19(27-14)20(23)21-13-16(22-8-10-26-11-9-22)15-5-6-17(24-2)18(12-15)25-3/h4-7,12,16H,8-11,13H2,1-3H3,(H,21,23). The number of carbonyl (C=O) groups excluding carboxylic acids is 1. The van der Waals surface area contributed by atoms with Gasteiger partial charge in [-0.15, -0.1) is 11.3 Å². The number of morpholine rings is 1. The number of methoxy groups -OCH3 is 2. The highest BCUT2D eigenvalue weighted by Gasteiger charge is 2.24. The van der Waals surface area contributed by atoms with Crippen molar-refractivity contribution in [2.45, 2.75) is 13.0 Å². The van der Waals surface area contributed by atoms with Gasteiger partial charge in [-0.1, -0.05) is 6.07 Å². The van der Waals surface area contributed by atoms with Crippen molar-refractivity contribution in [2.24, 2.45) is 0 Å². The van der Waals surface area contributed by atoms with Crippen LogP contribution in [-0.2, 0) is 4.74 Å². The van der Waals surface area contributed by atoms with Crippen LogP contribution in [0.15, 0.2) is 30.3 Å². The van der Waals surface area contributed by atoms with E-state index in [1.165, 1.54) is 11.3 Å². The van der Waals surface area contributed by atoms with Crippen molar-refractivity contribution in [1.29, 1.82) is 0 Å². The Hall–Kier alpha value is -2.09. The van der Waals surface area contributed by atoms with Crippen LogP contribution in [0.2, 0.25) is 0 Å². The molecule has 1 aliphatic rings. The Morgan fingerprint density at radius 3 is 2.56 bits per heavy atom. The lowest BCUT2D eigenvalue weighted by Gasteiger charge is -2.35. The van der Waals surface area contributed by atoms with E-state index in [1.54, 1.807) is 14.2 Å². The number of ether oxygens (including phenoxy) is 3. The maximum Gasteiger partial charge on any atom is 0.261 e. The summed E-state index contributed by atoms with van der Waals surface area (Å²) >= 11 is 1.51. The van der Waals surface area contributed by atoms with Gasteiger partial charge in [0.15, 0.2) is 11.5 Å². The van der Waals surface area contributed by atoms with Crippen molar-refractivity contribution >= 4 is 17.2 Å². The second kappa shape index (κ2) is 9.21. The molecule has 1 aromatic carbocycles. The molecule has 1 amide bonds. The summed E-state index contributed by atoms with van der Waals surface area (Å²) in [5, 5.41) is 3.09. The van der Waals surface area contributed by atoms with E-state index in [0.717, 1.165) is 28.4 Å². The van der Waals surface area contributed by atoms with Crippen LogP contribution >= 0.6 is 11.3 Å². The maximum atomic E-state index is 12.5. The molecule has 1 aromatic heterocycles. The summed E-state index contributed by atoms with van der Waals surface area (Å²) in [5.74, 6) is 1.35. The van der Waals surface area contributed by atoms with Gasteiger partial charge in [-0.2, -0.15) is 0 Å². The Balaban J connectivity index is 1.79. The Kier molecular flexibility index (Phi) is 6.71. The molecule has 2 heterocycles. The van der Waals surface area contributed by atoms with Gasteiger partial charge in [-0.3, -0.25) is 9.69 Å². The van der Waals surface area contributed by atoms with Crippen LogP contribution in [0.25, 0.3) is 0 Å². The van der Waals surface area contributed by atoms with Gasteiger partial charge in [0, 0.05) is 24.5 Å². The molecule has 0 aliphatic carbocycles. The quantitative estimate of drug-likeness (QED) is 0.788. The van der Waals surface area contributed by atoms with E-state index in [9.17, 15) is 4.79 Å². The fourth-order valence-electron chi connectivity index (χ4n) is 3.24. The van der Waals surface area contributed by atoms with Crippen LogP contribution in [0.4, 0.5) is 0 Å². The molecular formula is C20H26N2O4S. The van der Waals surface area contributed by atoms with Gasteiger partial charge in [0.25, 0.3) is 5.91 Å². The third kappa shape index (κ3) is 4.80. The largest absolute Gasteiger partial charge is 0.493 e. The highest BCUT2D eigenvalue weighted by atomic mass is 32.1. The Labute approximate surface area is 164 Å². The molecule has 1 unspecified atom stereocenters. The second-order valence-electron chi connectivity index (χ2n) is 6.40. The van der Waals surface area contributed by atoms with E-state index in [0.29, 0.717) is 31.3 Å². The Bertz CT molecular complexity index is 771. The molecule has 0 saturated carbocycles. The van der Waals surface area contributed by atoms with Crippen LogP contribution in [0.3, 0.4) is 0 Å². The van der Waals surface area contributed by atoms with Crippen LogP contribution < -0.4 is 14.8 Å². The average molecular weight is 391 g/mol. The number of hydrogen-bond acceptors (Lipinski definition) is 6. The lowest BCUT2D eigenvalue weighted by Crippen LogP contribution is -2.43. The van der Waals surface area contributed by atoms with Crippen LogP contribution in [-0.4, -0.2) is 57.9 Å². The summed E-state index contributed by atoms with van der Waals surface area (Å²) < 4.78 is 16.3. The van der Waals surface area contributed by atoms with E-state index in [2.05, 4.69) is 10.2 Å². The first-order valence-electron chi connectivity index (χ1n) is 9.00. The minimum atomic E-state index is -0.0353. The van der Waals surface area contributed by atoms with E-state index >= 15 is 0 Å². The summed E-state index contributed by atoms with van der Waals surface area (Å²) in [6, 6.07) is 9.80. The molecule has 2 aromatic rings. The average Bonchev–Trinajstić information content (AvgIpc) is 3.15. The number of hydrogen-bond donors (Lipinski definition) is 1. The SMILES string of the molecule is COc1ccc(C(CNC(=O)c2ccc(C)s2)N2CCOCC2)cc1OC. The minimum Gasteiger partial charge on any atom is -0.493 e. The third-order valence-corrected chi connectivity index (χ3v) is 5.70. The first-order valence-corrected chi connectivity index (χ1v) is 9.82. The summed E-state index contributed by atoms with van der Waals surface area (Å²) in [5.41, 5.74) is 1.08. The smallest absolute Gasteiger partial charge is 0.261 e. The summed E-state index contributed by atoms with van der Waals surface area (Å²) in [7, 11) is 3.26. The topological polar surface area (TPSA) is 60.0 Å². The number of aryl methyl sites for hydroxylation is 1. The zero-order chi connectivity index (χ0) is 19.2. The number of rotatable bonds is 7. The highest BCUT2D eigenvalue weighted by molar-refractivity contribution is 7.13. The molecule has 146 valence electrons. The van der Waals surface area contributed by atoms with E-state index < -0.39 is 0 Å². The van der Waals surface area contributed by atoms with Crippen molar-refractivity contribution in [3.8, 4) is 11.5 Å². The number of nitrogens with zero attached hydrogens (tertiary/aromatic N) is 1. The predicted octanol–water partition coefficient (Wildman–Crippen LogP) is 2.88. The monoisotopic (exact) mass is 390 g/mol. The lowest BCUT2D eigenvalue weighted by atomic mass is 10.0. The summed E-state index contributed by atoms with van der Waals surface area (Å²) in [4.78, 5) is 16.7. The van der Waals surface area contributed by atoms with Gasteiger partial charge >= 0.3 is 0 Å². The molecule has 1 aliphatic heterocycles.